The molecule has 0 radical (unpaired) electrons. The second-order valence-electron chi connectivity index (χ2n) is 5.10. The van der Waals surface area contributed by atoms with Crippen LogP contribution in [-0.2, 0) is 14.6 Å². The zero-order valence-corrected chi connectivity index (χ0v) is 11.2. The molecule has 1 aliphatic heterocycles. The number of hydrogen-bond donors (Lipinski definition) is 0. The lowest BCUT2D eigenvalue weighted by Gasteiger charge is -2.40. The molecule has 5 nitrogen and oxygen atoms in total. The lowest BCUT2D eigenvalue weighted by molar-refractivity contribution is -0.133. The molecule has 2 fully saturated rings. The van der Waals surface area contributed by atoms with Gasteiger partial charge in [-0.25, -0.2) is 8.42 Å². The summed E-state index contributed by atoms with van der Waals surface area (Å²) < 4.78 is 24.6. The fraction of sp³-hybridized carbons (Fsp3) is 0.833. The van der Waals surface area contributed by atoms with Gasteiger partial charge in [-0.15, -0.1) is 0 Å². The Morgan fingerprint density at radius 3 is 2.33 bits per heavy atom. The van der Waals surface area contributed by atoms with Crippen LogP contribution in [-0.4, -0.2) is 42.8 Å². The Morgan fingerprint density at radius 1 is 1.17 bits per heavy atom. The summed E-state index contributed by atoms with van der Waals surface area (Å²) in [7, 11) is -3.08. The molecule has 1 heterocycles. The predicted octanol–water partition coefficient (Wildman–Crippen LogP) is 0.858. The van der Waals surface area contributed by atoms with Crippen molar-refractivity contribution >= 4 is 15.7 Å². The number of amides is 1. The zero-order valence-electron chi connectivity index (χ0n) is 10.3. The molecular weight excluding hydrogens is 252 g/mol. The van der Waals surface area contributed by atoms with Crippen LogP contribution < -0.4 is 0 Å². The molecule has 0 unspecified atom stereocenters. The van der Waals surface area contributed by atoms with Gasteiger partial charge in [-0.05, 0) is 12.8 Å². The Morgan fingerprint density at radius 2 is 1.78 bits per heavy atom. The smallest absolute Gasteiger partial charge is 0.236 e. The highest BCUT2D eigenvalue weighted by atomic mass is 32.2. The van der Waals surface area contributed by atoms with Crippen molar-refractivity contribution < 1.29 is 13.2 Å². The minimum atomic E-state index is -3.08. The van der Waals surface area contributed by atoms with Gasteiger partial charge in [0.15, 0.2) is 9.84 Å². The van der Waals surface area contributed by atoms with E-state index < -0.39 is 15.1 Å². The number of hydrogen-bond acceptors (Lipinski definition) is 4. The topological polar surface area (TPSA) is 78.2 Å². The lowest BCUT2D eigenvalue weighted by Crippen LogP contribution is -2.58. The van der Waals surface area contributed by atoms with E-state index in [0.717, 1.165) is 32.1 Å². The molecule has 1 saturated heterocycles. The van der Waals surface area contributed by atoms with Crippen LogP contribution in [0.25, 0.3) is 0 Å². The molecule has 1 saturated carbocycles. The molecule has 0 atom stereocenters. The fourth-order valence-electron chi connectivity index (χ4n) is 2.69. The highest BCUT2D eigenvalue weighted by Crippen LogP contribution is 2.29. The molecule has 6 heteroatoms. The van der Waals surface area contributed by atoms with Crippen LogP contribution >= 0.6 is 0 Å². The zero-order chi connectivity index (χ0) is 13.2. The van der Waals surface area contributed by atoms with Crippen molar-refractivity contribution in [2.45, 2.75) is 49.0 Å². The van der Waals surface area contributed by atoms with Gasteiger partial charge in [0.05, 0.1) is 16.6 Å². The summed E-state index contributed by atoms with van der Waals surface area (Å²) in [5, 5.41) is 7.82. The molecule has 100 valence electrons. The number of rotatable bonds is 3. The molecule has 0 bridgehead atoms. The third-order valence-corrected chi connectivity index (χ3v) is 6.54. The van der Waals surface area contributed by atoms with Crippen molar-refractivity contribution in [2.75, 3.05) is 13.1 Å². The SMILES string of the molecule is N#CCC(=O)N1CC(S(=O)(=O)C2CCCCC2)C1. The number of carbonyl (C=O) groups is 1. The monoisotopic (exact) mass is 270 g/mol. The summed E-state index contributed by atoms with van der Waals surface area (Å²) in [5.41, 5.74) is 0. The molecule has 0 aromatic carbocycles. The van der Waals surface area contributed by atoms with E-state index in [9.17, 15) is 13.2 Å². The van der Waals surface area contributed by atoms with Crippen molar-refractivity contribution in [3.05, 3.63) is 0 Å². The van der Waals surface area contributed by atoms with Gasteiger partial charge in [0.25, 0.3) is 0 Å². The van der Waals surface area contributed by atoms with E-state index in [2.05, 4.69) is 0 Å². The summed E-state index contributed by atoms with van der Waals surface area (Å²) in [6.45, 7) is 0.554. The number of sulfone groups is 1. The maximum absolute atomic E-state index is 12.3. The van der Waals surface area contributed by atoms with Crippen LogP contribution in [0.2, 0.25) is 0 Å². The van der Waals surface area contributed by atoms with E-state index in [4.69, 9.17) is 5.26 Å². The van der Waals surface area contributed by atoms with Crippen LogP contribution in [0, 0.1) is 11.3 Å². The summed E-state index contributed by atoms with van der Waals surface area (Å²) in [4.78, 5) is 12.8. The lowest BCUT2D eigenvalue weighted by atomic mass is 10.0. The van der Waals surface area contributed by atoms with E-state index in [1.165, 1.54) is 4.90 Å². The second kappa shape index (κ2) is 5.27. The van der Waals surface area contributed by atoms with Crippen molar-refractivity contribution in [1.29, 1.82) is 5.26 Å². The average Bonchev–Trinajstić information content (AvgIpc) is 2.28. The average molecular weight is 270 g/mol. The minimum Gasteiger partial charge on any atom is -0.339 e. The Hall–Kier alpha value is -1.09. The van der Waals surface area contributed by atoms with Crippen LogP contribution in [0.1, 0.15) is 38.5 Å². The molecular formula is C12H18N2O3S. The van der Waals surface area contributed by atoms with Gasteiger partial charge >= 0.3 is 0 Å². The summed E-state index contributed by atoms with van der Waals surface area (Å²) >= 11 is 0. The van der Waals surface area contributed by atoms with E-state index in [1.54, 1.807) is 6.07 Å². The van der Waals surface area contributed by atoms with Crippen molar-refractivity contribution in [3.8, 4) is 6.07 Å². The molecule has 1 amide bonds. The van der Waals surface area contributed by atoms with Crippen LogP contribution in [0.3, 0.4) is 0 Å². The van der Waals surface area contributed by atoms with Gasteiger partial charge in [-0.2, -0.15) is 5.26 Å². The van der Waals surface area contributed by atoms with Crippen LogP contribution in [0.4, 0.5) is 0 Å². The van der Waals surface area contributed by atoms with E-state index in [1.807, 2.05) is 0 Å². The molecule has 18 heavy (non-hydrogen) atoms. The van der Waals surface area contributed by atoms with Gasteiger partial charge in [0.2, 0.25) is 5.91 Å². The first-order valence-electron chi connectivity index (χ1n) is 6.43. The Labute approximate surface area is 108 Å². The minimum absolute atomic E-state index is 0.157. The summed E-state index contributed by atoms with van der Waals surface area (Å²) in [6, 6.07) is 1.79. The first-order chi connectivity index (χ1) is 8.55. The first-order valence-corrected chi connectivity index (χ1v) is 8.04. The first kappa shape index (κ1) is 13.3. The highest BCUT2D eigenvalue weighted by Gasteiger charge is 2.43. The van der Waals surface area contributed by atoms with Gasteiger partial charge in [0.1, 0.15) is 6.42 Å². The predicted molar refractivity (Wildman–Crippen MR) is 66.4 cm³/mol. The molecule has 0 spiro atoms. The normalized spacial score (nSPS) is 22.3. The maximum atomic E-state index is 12.3. The summed E-state index contributed by atoms with van der Waals surface area (Å²) in [6.07, 6.45) is 4.50. The number of likely N-dealkylation sites (tertiary alicyclic amines) is 1. The van der Waals surface area contributed by atoms with Crippen LogP contribution in [0.5, 0.6) is 0 Å². The second-order valence-corrected chi connectivity index (χ2v) is 7.62. The standard InChI is InChI=1S/C12H18N2O3S/c13-7-6-12(15)14-8-11(9-14)18(16,17)10-4-2-1-3-5-10/h10-11H,1-6,8-9H2. The number of nitrogens with zero attached hydrogens (tertiary/aromatic N) is 2. The quantitative estimate of drug-likeness (QED) is 0.762. The molecule has 2 aliphatic rings. The van der Waals surface area contributed by atoms with E-state index >= 15 is 0 Å². The molecule has 2 rings (SSSR count). The van der Waals surface area contributed by atoms with E-state index in [-0.39, 0.29) is 30.7 Å². The number of nitriles is 1. The Kier molecular flexibility index (Phi) is 3.91. The molecule has 1 aliphatic carbocycles. The van der Waals surface area contributed by atoms with Crippen molar-refractivity contribution in [1.82, 2.24) is 4.90 Å². The van der Waals surface area contributed by atoms with Gasteiger partial charge in [0, 0.05) is 13.1 Å². The highest BCUT2D eigenvalue weighted by molar-refractivity contribution is 7.92. The third-order valence-electron chi connectivity index (χ3n) is 3.91. The largest absolute Gasteiger partial charge is 0.339 e. The van der Waals surface area contributed by atoms with E-state index in [0.29, 0.717) is 0 Å². The maximum Gasteiger partial charge on any atom is 0.236 e. The molecule has 0 N–H and O–H groups in total. The number of carbonyl (C=O) groups excluding carboxylic acids is 1. The van der Waals surface area contributed by atoms with Gasteiger partial charge in [-0.1, -0.05) is 19.3 Å². The van der Waals surface area contributed by atoms with Gasteiger partial charge < -0.3 is 4.90 Å². The molecule has 0 aromatic heterocycles. The van der Waals surface area contributed by atoms with Crippen LogP contribution in [0.15, 0.2) is 0 Å². The van der Waals surface area contributed by atoms with Crippen molar-refractivity contribution in [3.63, 3.8) is 0 Å². The third kappa shape index (κ3) is 2.51. The fourth-order valence-corrected chi connectivity index (χ4v) is 5.01. The van der Waals surface area contributed by atoms with Crippen molar-refractivity contribution in [2.24, 2.45) is 0 Å². The Balaban J connectivity index is 1.90. The molecule has 0 aromatic rings. The van der Waals surface area contributed by atoms with Gasteiger partial charge in [-0.3, -0.25) is 4.79 Å². The Bertz CT molecular complexity index is 454. The summed E-state index contributed by atoms with van der Waals surface area (Å²) in [5.74, 6) is -0.257.